The summed E-state index contributed by atoms with van der Waals surface area (Å²) in [6.07, 6.45) is 6.86. The summed E-state index contributed by atoms with van der Waals surface area (Å²) in [7, 11) is 0. The number of aryl methyl sites for hydroxylation is 1. The number of amides is 2. The molecule has 5 rings (SSSR count). The Kier molecular flexibility index (Phi) is 7.13. The van der Waals surface area contributed by atoms with Crippen molar-refractivity contribution < 1.29 is 18.9 Å². The second kappa shape index (κ2) is 10.8. The number of amidine groups is 1. The van der Waals surface area contributed by atoms with Crippen molar-refractivity contribution in [3.8, 4) is 0 Å². The van der Waals surface area contributed by atoms with Crippen molar-refractivity contribution in [2.24, 2.45) is 4.99 Å². The van der Waals surface area contributed by atoms with Crippen LogP contribution in [0.4, 0.5) is 11.6 Å². The van der Waals surface area contributed by atoms with Crippen LogP contribution in [0, 0.1) is 6.92 Å². The van der Waals surface area contributed by atoms with Crippen molar-refractivity contribution in [2.45, 2.75) is 26.2 Å². The van der Waals surface area contributed by atoms with E-state index in [0.717, 1.165) is 37.1 Å². The first-order chi connectivity index (χ1) is 17.6. The van der Waals surface area contributed by atoms with Crippen LogP contribution in [0.2, 0.25) is 0 Å². The number of nitrogens with zero attached hydrogens (tertiary/aromatic N) is 5. The Morgan fingerprint density at radius 2 is 1.86 bits per heavy atom. The minimum Gasteiger partial charge on any atom is -0.288 e. The predicted molar refractivity (Wildman–Crippen MR) is 140 cm³/mol. The van der Waals surface area contributed by atoms with Crippen molar-refractivity contribution in [1.82, 2.24) is 5.27 Å². The summed E-state index contributed by atoms with van der Waals surface area (Å²) in [4.78, 5) is 33.7. The Bertz CT molecular complexity index is 1300. The maximum absolute atomic E-state index is 13.3. The number of hydrogen-bond donors (Lipinski definition) is 1. The molecule has 1 aromatic heterocycles. The van der Waals surface area contributed by atoms with Crippen LogP contribution in [-0.2, 0) is 9.59 Å². The maximum atomic E-state index is 13.3. The fraction of sp³-hybridized carbons (Fsp3) is 0.269. The Morgan fingerprint density at radius 3 is 2.61 bits per heavy atom. The van der Waals surface area contributed by atoms with Gasteiger partial charge in [-0.15, -0.1) is 0 Å². The van der Waals surface area contributed by atoms with Crippen molar-refractivity contribution in [3.05, 3.63) is 77.6 Å². The highest BCUT2D eigenvalue weighted by Gasteiger charge is 2.32. The van der Waals surface area contributed by atoms with E-state index >= 15 is 0 Å². The van der Waals surface area contributed by atoms with E-state index in [1.807, 2.05) is 61.5 Å². The van der Waals surface area contributed by atoms with Crippen LogP contribution in [0.3, 0.4) is 0 Å². The second-order valence-electron chi connectivity index (χ2n) is 8.65. The number of hydrogen-bond acceptors (Lipinski definition) is 7. The van der Waals surface area contributed by atoms with Crippen molar-refractivity contribution in [2.75, 3.05) is 34.1 Å². The van der Waals surface area contributed by atoms with Crippen LogP contribution in [0.25, 0.3) is 6.08 Å². The van der Waals surface area contributed by atoms with Gasteiger partial charge in [0.2, 0.25) is 11.2 Å². The van der Waals surface area contributed by atoms with Crippen LogP contribution in [0.1, 0.15) is 30.4 Å². The molecule has 9 nitrogen and oxygen atoms in total. The topological polar surface area (TPSA) is 94.9 Å². The molecule has 2 aromatic carbocycles. The zero-order valence-corrected chi connectivity index (χ0v) is 20.8. The molecule has 10 heteroatoms. The van der Waals surface area contributed by atoms with Crippen molar-refractivity contribution >= 4 is 46.4 Å². The lowest BCUT2D eigenvalue weighted by Crippen LogP contribution is -2.60. The second-order valence-corrected chi connectivity index (χ2v) is 9.59. The zero-order chi connectivity index (χ0) is 24.9. The highest BCUT2D eigenvalue weighted by molar-refractivity contribution is 8.14. The molecule has 3 heterocycles. The molecule has 0 atom stereocenters. The monoisotopic (exact) mass is 503 g/mol. The summed E-state index contributed by atoms with van der Waals surface area (Å²) >= 11 is 1.19. The molecule has 3 aromatic rings. The van der Waals surface area contributed by atoms with Gasteiger partial charge >= 0.3 is 5.88 Å². The number of benzene rings is 2. The molecule has 184 valence electrons. The third-order valence-corrected chi connectivity index (χ3v) is 6.84. The first-order valence-corrected chi connectivity index (χ1v) is 12.9. The molecule has 2 amide bonds. The van der Waals surface area contributed by atoms with Crippen LogP contribution in [0.15, 0.2) is 76.0 Å². The van der Waals surface area contributed by atoms with Gasteiger partial charge in [0.05, 0.1) is 29.3 Å². The minimum absolute atomic E-state index is 0.0532. The summed E-state index contributed by atoms with van der Waals surface area (Å²) in [5.41, 5.74) is 3.04. The number of para-hydroxylation sites is 1. The average molecular weight is 504 g/mol. The van der Waals surface area contributed by atoms with Crippen molar-refractivity contribution in [3.63, 3.8) is 0 Å². The maximum Gasteiger partial charge on any atom is 0.305 e. The Morgan fingerprint density at radius 1 is 1.11 bits per heavy atom. The zero-order valence-electron chi connectivity index (χ0n) is 20.0. The number of anilines is 2. The van der Waals surface area contributed by atoms with Gasteiger partial charge in [-0.1, -0.05) is 59.8 Å². The van der Waals surface area contributed by atoms with E-state index in [-0.39, 0.29) is 23.5 Å². The molecule has 0 spiro atoms. The van der Waals surface area contributed by atoms with Gasteiger partial charge in [0.25, 0.3) is 12.1 Å². The number of aromatic nitrogens is 2. The van der Waals surface area contributed by atoms with Crippen LogP contribution in [0.5, 0.6) is 0 Å². The summed E-state index contributed by atoms with van der Waals surface area (Å²) < 4.78 is 5.29. The SMILES string of the molecule is Cc1ccc(/C=C2/N=C(SCC(=O)Nc3c[n+](N4CCCCC4)no3)N(c3ccccc3)C2=O)cc1. The molecule has 1 saturated heterocycles. The molecule has 1 N–H and O–H groups in total. The highest BCUT2D eigenvalue weighted by atomic mass is 32.2. The van der Waals surface area contributed by atoms with Gasteiger partial charge in [-0.2, -0.15) is 5.01 Å². The molecule has 1 fully saturated rings. The smallest absolute Gasteiger partial charge is 0.288 e. The standard InChI is InChI=1S/C26H26N6O3S/c1-19-10-12-20(13-11-19)16-22-25(34)32(21-8-4-2-5-9-21)26(27-22)36-18-23(33)28-24-17-31(29-35-24)30-14-6-3-7-15-30/h2,4-5,8-13,16-17H,3,6-7,14-15,18H2,1H3/p+1/b22-16+. The van der Waals surface area contributed by atoms with Gasteiger partial charge in [0.15, 0.2) is 5.17 Å². The molecule has 0 bridgehead atoms. The van der Waals surface area contributed by atoms with Gasteiger partial charge < -0.3 is 0 Å². The van der Waals surface area contributed by atoms with Gasteiger partial charge in [0, 0.05) is 0 Å². The number of carbonyl (C=O) groups is 2. The number of carbonyl (C=O) groups excluding carboxylic acids is 2. The van der Waals surface area contributed by atoms with E-state index in [1.165, 1.54) is 23.1 Å². The number of piperidine rings is 1. The van der Waals surface area contributed by atoms with Gasteiger partial charge in [-0.05, 0) is 50.0 Å². The predicted octanol–water partition coefficient (Wildman–Crippen LogP) is 3.51. The van der Waals surface area contributed by atoms with Crippen LogP contribution < -0.4 is 20.0 Å². The first-order valence-electron chi connectivity index (χ1n) is 11.9. The molecular weight excluding hydrogens is 476 g/mol. The summed E-state index contributed by atoms with van der Waals surface area (Å²) in [6, 6.07) is 17.2. The normalized spacial score (nSPS) is 17.0. The fourth-order valence-corrected chi connectivity index (χ4v) is 4.84. The molecule has 36 heavy (non-hydrogen) atoms. The van der Waals surface area contributed by atoms with Crippen molar-refractivity contribution in [1.29, 1.82) is 0 Å². The van der Waals surface area contributed by atoms with Crippen LogP contribution in [-0.4, -0.2) is 41.1 Å². The average Bonchev–Trinajstić information content (AvgIpc) is 3.49. The van der Waals surface area contributed by atoms with E-state index in [9.17, 15) is 9.59 Å². The fourth-order valence-electron chi connectivity index (χ4n) is 4.03. The quantitative estimate of drug-likeness (QED) is 0.409. The number of aliphatic imine (C=N–C) groups is 1. The third kappa shape index (κ3) is 5.49. The van der Waals surface area contributed by atoms with E-state index < -0.39 is 0 Å². The van der Waals surface area contributed by atoms with E-state index in [2.05, 4.69) is 20.6 Å². The summed E-state index contributed by atoms with van der Waals surface area (Å²) in [5, 5.41) is 9.27. The molecule has 0 radical (unpaired) electrons. The highest BCUT2D eigenvalue weighted by Crippen LogP contribution is 2.29. The summed E-state index contributed by atoms with van der Waals surface area (Å²) in [6.45, 7) is 3.82. The minimum atomic E-state index is -0.277. The van der Waals surface area contributed by atoms with E-state index in [1.54, 1.807) is 17.1 Å². The third-order valence-electron chi connectivity index (χ3n) is 5.90. The van der Waals surface area contributed by atoms with E-state index in [0.29, 0.717) is 16.6 Å². The molecule has 0 unspecified atom stereocenters. The largest absolute Gasteiger partial charge is 0.305 e. The lowest BCUT2D eigenvalue weighted by atomic mass is 10.1. The molecule has 0 aliphatic carbocycles. The molecule has 2 aliphatic rings. The van der Waals surface area contributed by atoms with E-state index in [4.69, 9.17) is 4.52 Å². The molecular formula is C26H27N6O3S+. The number of thioether (sulfide) groups is 1. The number of nitrogens with one attached hydrogen (secondary N) is 1. The van der Waals surface area contributed by atoms with Gasteiger partial charge in [-0.3, -0.25) is 24.3 Å². The Labute approximate surface area is 213 Å². The molecule has 2 aliphatic heterocycles. The lowest BCUT2D eigenvalue weighted by molar-refractivity contribution is -0.759. The summed E-state index contributed by atoms with van der Waals surface area (Å²) in [5.74, 6) is -0.184. The lowest BCUT2D eigenvalue weighted by Gasteiger charge is -2.17. The van der Waals surface area contributed by atoms with Gasteiger partial charge in [-0.25, -0.2) is 4.99 Å². The Balaban J connectivity index is 1.29. The number of rotatable bonds is 6. The Hall–Kier alpha value is -3.92. The van der Waals surface area contributed by atoms with Gasteiger partial charge in [0.1, 0.15) is 5.70 Å². The molecule has 0 saturated carbocycles. The van der Waals surface area contributed by atoms with Crippen LogP contribution >= 0.6 is 11.8 Å². The first kappa shape index (κ1) is 23.8.